The first-order chi connectivity index (χ1) is 14.0. The number of urea groups is 1. The fourth-order valence-corrected chi connectivity index (χ4v) is 4.09. The summed E-state index contributed by atoms with van der Waals surface area (Å²) in [7, 11) is 1.58. The number of amides is 3. The molecule has 3 amide bonds. The highest BCUT2D eigenvalue weighted by molar-refractivity contribution is 7.09. The zero-order valence-electron chi connectivity index (χ0n) is 17.2. The number of hydrogen-bond donors (Lipinski definition) is 2. The summed E-state index contributed by atoms with van der Waals surface area (Å²) in [6, 6.07) is 5.04. The summed E-state index contributed by atoms with van der Waals surface area (Å²) >= 11 is 1.65. The lowest BCUT2D eigenvalue weighted by Crippen LogP contribution is -2.35. The van der Waals surface area contributed by atoms with Gasteiger partial charge in [-0.25, -0.2) is 9.78 Å². The number of methoxy groups -OCH3 is 1. The van der Waals surface area contributed by atoms with Crippen LogP contribution < -0.4 is 20.3 Å². The van der Waals surface area contributed by atoms with E-state index in [0.29, 0.717) is 49.0 Å². The fraction of sp³-hybridized carbons (Fsp3) is 0.476. The van der Waals surface area contributed by atoms with Crippen LogP contribution in [0.15, 0.2) is 23.6 Å². The Morgan fingerprint density at radius 3 is 2.86 bits per heavy atom. The molecular formula is C21H28N4O3S. The Balaban J connectivity index is 1.58. The van der Waals surface area contributed by atoms with Gasteiger partial charge in [0.1, 0.15) is 5.75 Å². The lowest BCUT2D eigenvalue weighted by molar-refractivity contribution is -0.119. The van der Waals surface area contributed by atoms with Gasteiger partial charge in [-0.05, 0) is 31.0 Å². The van der Waals surface area contributed by atoms with Gasteiger partial charge in [-0.15, -0.1) is 11.3 Å². The highest BCUT2D eigenvalue weighted by Gasteiger charge is 2.23. The third-order valence-electron chi connectivity index (χ3n) is 4.78. The third-order valence-corrected chi connectivity index (χ3v) is 5.98. The first-order valence-electron chi connectivity index (χ1n) is 9.95. The molecule has 1 saturated heterocycles. The van der Waals surface area contributed by atoms with E-state index in [1.54, 1.807) is 41.5 Å². The fourth-order valence-electron chi connectivity index (χ4n) is 3.22. The van der Waals surface area contributed by atoms with Gasteiger partial charge in [-0.2, -0.15) is 0 Å². The van der Waals surface area contributed by atoms with Crippen molar-refractivity contribution in [2.75, 3.05) is 30.4 Å². The standard InChI is InChI=1S/C21H28N4O3S/c1-14(2)20-23-16(13-29-20)9-10-22-21(27)24-15-7-8-18(28-3)17(12-15)25-11-5-4-6-19(25)26/h7-8,12-14H,4-6,9-11H2,1-3H3,(H2,22,24,27). The van der Waals surface area contributed by atoms with Gasteiger partial charge in [0, 0.05) is 42.9 Å². The molecule has 0 spiro atoms. The number of carbonyl (C=O) groups excluding carboxylic acids is 2. The second-order valence-electron chi connectivity index (χ2n) is 7.35. The number of anilines is 2. The van der Waals surface area contributed by atoms with Gasteiger partial charge in [0.2, 0.25) is 5.91 Å². The van der Waals surface area contributed by atoms with Gasteiger partial charge < -0.3 is 20.3 Å². The SMILES string of the molecule is COc1ccc(NC(=O)NCCc2csc(C(C)C)n2)cc1N1CCCCC1=O. The molecule has 29 heavy (non-hydrogen) atoms. The van der Waals surface area contributed by atoms with E-state index in [4.69, 9.17) is 4.74 Å². The van der Waals surface area contributed by atoms with E-state index < -0.39 is 0 Å². The molecule has 0 atom stereocenters. The van der Waals surface area contributed by atoms with Crippen molar-refractivity contribution in [3.63, 3.8) is 0 Å². The average Bonchev–Trinajstić information content (AvgIpc) is 3.18. The largest absolute Gasteiger partial charge is 0.495 e. The van der Waals surface area contributed by atoms with Crippen molar-refractivity contribution in [1.82, 2.24) is 10.3 Å². The third kappa shape index (κ3) is 5.47. The highest BCUT2D eigenvalue weighted by Crippen LogP contribution is 2.33. The monoisotopic (exact) mass is 416 g/mol. The number of carbonyl (C=O) groups is 2. The van der Waals surface area contributed by atoms with Crippen molar-refractivity contribution >= 4 is 34.6 Å². The number of ether oxygens (including phenoxy) is 1. The van der Waals surface area contributed by atoms with E-state index in [9.17, 15) is 9.59 Å². The molecule has 0 bridgehead atoms. The molecule has 156 valence electrons. The normalized spacial score (nSPS) is 14.2. The minimum atomic E-state index is -0.287. The molecule has 8 heteroatoms. The Morgan fingerprint density at radius 1 is 1.34 bits per heavy atom. The Kier molecular flexibility index (Phi) is 7.09. The zero-order chi connectivity index (χ0) is 20.8. The van der Waals surface area contributed by atoms with E-state index in [2.05, 4.69) is 29.5 Å². The average molecular weight is 417 g/mol. The first-order valence-corrected chi connectivity index (χ1v) is 10.8. The lowest BCUT2D eigenvalue weighted by atomic mass is 10.1. The van der Waals surface area contributed by atoms with Crippen LogP contribution in [0.5, 0.6) is 5.75 Å². The molecule has 3 rings (SSSR count). The van der Waals surface area contributed by atoms with Crippen molar-refractivity contribution in [3.05, 3.63) is 34.3 Å². The summed E-state index contributed by atoms with van der Waals surface area (Å²) in [4.78, 5) is 30.9. The lowest BCUT2D eigenvalue weighted by Gasteiger charge is -2.28. The summed E-state index contributed by atoms with van der Waals surface area (Å²) in [5.74, 6) is 1.12. The molecule has 0 unspecified atom stereocenters. The van der Waals surface area contributed by atoms with Crippen LogP contribution in [0, 0.1) is 0 Å². The van der Waals surface area contributed by atoms with Crippen LogP contribution in [-0.4, -0.2) is 37.1 Å². The maximum Gasteiger partial charge on any atom is 0.319 e. The second-order valence-corrected chi connectivity index (χ2v) is 8.24. The van der Waals surface area contributed by atoms with Crippen molar-refractivity contribution < 1.29 is 14.3 Å². The van der Waals surface area contributed by atoms with Crippen molar-refractivity contribution in [2.24, 2.45) is 0 Å². The number of rotatable bonds is 7. The Labute approximate surface area is 175 Å². The molecule has 1 aromatic carbocycles. The number of hydrogen-bond acceptors (Lipinski definition) is 5. The molecule has 2 heterocycles. The molecule has 1 aromatic heterocycles. The molecule has 0 aliphatic carbocycles. The van der Waals surface area contributed by atoms with E-state index >= 15 is 0 Å². The van der Waals surface area contributed by atoms with Crippen LogP contribution in [0.2, 0.25) is 0 Å². The zero-order valence-corrected chi connectivity index (χ0v) is 18.0. The van der Waals surface area contributed by atoms with Crippen LogP contribution in [0.4, 0.5) is 16.2 Å². The van der Waals surface area contributed by atoms with Gasteiger partial charge in [0.25, 0.3) is 0 Å². The second kappa shape index (κ2) is 9.73. The van der Waals surface area contributed by atoms with Gasteiger partial charge in [0.05, 0.1) is 23.5 Å². The van der Waals surface area contributed by atoms with E-state index in [1.807, 2.05) is 5.38 Å². The molecule has 2 N–H and O–H groups in total. The molecule has 0 saturated carbocycles. The minimum Gasteiger partial charge on any atom is -0.495 e. The van der Waals surface area contributed by atoms with Gasteiger partial charge in [-0.1, -0.05) is 13.8 Å². The van der Waals surface area contributed by atoms with Crippen molar-refractivity contribution in [2.45, 2.75) is 45.4 Å². The molecule has 1 fully saturated rings. The number of benzene rings is 1. The van der Waals surface area contributed by atoms with Crippen molar-refractivity contribution in [3.8, 4) is 5.75 Å². The van der Waals surface area contributed by atoms with Crippen LogP contribution in [0.3, 0.4) is 0 Å². The predicted molar refractivity (Wildman–Crippen MR) is 116 cm³/mol. The molecular weight excluding hydrogens is 388 g/mol. The highest BCUT2D eigenvalue weighted by atomic mass is 32.1. The van der Waals surface area contributed by atoms with E-state index in [-0.39, 0.29) is 11.9 Å². The molecule has 1 aliphatic heterocycles. The van der Waals surface area contributed by atoms with E-state index in [0.717, 1.165) is 23.5 Å². The predicted octanol–water partition coefficient (Wildman–Crippen LogP) is 4.16. The Morgan fingerprint density at radius 2 is 2.17 bits per heavy atom. The number of thiazole rings is 1. The van der Waals surface area contributed by atoms with Crippen LogP contribution in [0.1, 0.15) is 49.7 Å². The first kappa shape index (κ1) is 21.1. The minimum absolute atomic E-state index is 0.0835. The van der Waals surface area contributed by atoms with Crippen LogP contribution in [0.25, 0.3) is 0 Å². The number of piperidine rings is 1. The number of aromatic nitrogens is 1. The topological polar surface area (TPSA) is 83.6 Å². The van der Waals surface area contributed by atoms with Gasteiger partial charge in [0.15, 0.2) is 0 Å². The Bertz CT molecular complexity index is 865. The van der Waals surface area contributed by atoms with Gasteiger partial charge >= 0.3 is 6.03 Å². The summed E-state index contributed by atoms with van der Waals surface area (Å²) < 4.78 is 5.41. The summed E-state index contributed by atoms with van der Waals surface area (Å²) in [6.45, 7) is 5.40. The number of nitrogens with one attached hydrogen (secondary N) is 2. The summed E-state index contributed by atoms with van der Waals surface area (Å²) in [5.41, 5.74) is 2.31. The maximum atomic E-state index is 12.3. The van der Waals surface area contributed by atoms with E-state index in [1.165, 1.54) is 0 Å². The van der Waals surface area contributed by atoms with Crippen molar-refractivity contribution in [1.29, 1.82) is 0 Å². The summed E-state index contributed by atoms with van der Waals surface area (Å²) in [5, 5.41) is 8.85. The van der Waals surface area contributed by atoms with Gasteiger partial charge in [-0.3, -0.25) is 4.79 Å². The summed E-state index contributed by atoms with van der Waals surface area (Å²) in [6.07, 6.45) is 3.10. The quantitative estimate of drug-likeness (QED) is 0.710. The molecule has 7 nitrogen and oxygen atoms in total. The Hall–Kier alpha value is -2.61. The molecule has 1 aliphatic rings. The van der Waals surface area contributed by atoms with Crippen LogP contribution in [-0.2, 0) is 11.2 Å². The molecule has 2 aromatic rings. The molecule has 0 radical (unpaired) electrons. The van der Waals surface area contributed by atoms with Crippen LogP contribution >= 0.6 is 11.3 Å². The number of nitrogens with zero attached hydrogens (tertiary/aromatic N) is 2. The smallest absolute Gasteiger partial charge is 0.319 e. The maximum absolute atomic E-state index is 12.3.